The van der Waals surface area contributed by atoms with Crippen molar-refractivity contribution in [1.82, 2.24) is 25.0 Å². The van der Waals surface area contributed by atoms with Gasteiger partial charge in [-0.25, -0.2) is 9.37 Å². The molecule has 0 unspecified atom stereocenters. The van der Waals surface area contributed by atoms with E-state index in [4.69, 9.17) is 4.74 Å². The summed E-state index contributed by atoms with van der Waals surface area (Å²) in [6, 6.07) is 13.4. The van der Waals surface area contributed by atoms with E-state index < -0.39 is 11.2 Å². The van der Waals surface area contributed by atoms with Crippen molar-refractivity contribution in [1.29, 1.82) is 0 Å². The molecular weight excluding hydrogens is 425 g/mol. The number of nitrogens with one attached hydrogen (secondary N) is 1. The molecule has 170 valence electrons. The van der Waals surface area contributed by atoms with E-state index in [0.717, 1.165) is 0 Å². The summed E-state index contributed by atoms with van der Waals surface area (Å²) in [5.41, 5.74) is 0.294. The normalized spacial score (nSPS) is 21.8. The molecule has 1 aromatic heterocycles. The van der Waals surface area contributed by atoms with Crippen LogP contribution in [-0.2, 0) is 5.41 Å². The Balaban J connectivity index is 1.43. The van der Waals surface area contributed by atoms with Crippen molar-refractivity contribution in [3.63, 3.8) is 0 Å². The molecule has 3 aromatic rings. The molecule has 3 heterocycles. The summed E-state index contributed by atoms with van der Waals surface area (Å²) in [6.07, 6.45) is 0. The number of benzene rings is 2. The monoisotopic (exact) mass is 449 g/mol. The van der Waals surface area contributed by atoms with Crippen molar-refractivity contribution in [3.8, 4) is 5.75 Å². The number of nitrogens with zero attached hydrogens (tertiary/aromatic N) is 4. The van der Waals surface area contributed by atoms with Crippen molar-refractivity contribution in [2.24, 2.45) is 5.92 Å². The molecule has 2 fully saturated rings. The number of carbonyl (C=O) groups excluding carboxylic acids is 2. The highest BCUT2D eigenvalue weighted by Gasteiger charge is 2.57. The van der Waals surface area contributed by atoms with Gasteiger partial charge in [-0.1, -0.05) is 18.2 Å². The van der Waals surface area contributed by atoms with Crippen molar-refractivity contribution >= 4 is 11.8 Å². The number of amides is 2. The van der Waals surface area contributed by atoms with Gasteiger partial charge < -0.3 is 14.5 Å². The fourth-order valence-electron chi connectivity index (χ4n) is 5.00. The van der Waals surface area contributed by atoms with E-state index in [1.165, 1.54) is 19.2 Å². The molecule has 33 heavy (non-hydrogen) atoms. The first-order valence-corrected chi connectivity index (χ1v) is 10.8. The molecule has 0 spiro atoms. The highest BCUT2D eigenvalue weighted by Crippen LogP contribution is 2.44. The van der Waals surface area contributed by atoms with Gasteiger partial charge in [-0.3, -0.25) is 14.7 Å². The van der Waals surface area contributed by atoms with Crippen molar-refractivity contribution in [2.75, 3.05) is 33.3 Å². The zero-order valence-electron chi connectivity index (χ0n) is 18.4. The van der Waals surface area contributed by atoms with Crippen LogP contribution in [0.3, 0.4) is 0 Å². The Kier molecular flexibility index (Phi) is 5.11. The number of methoxy groups -OCH3 is 1. The van der Waals surface area contributed by atoms with Gasteiger partial charge in [0.2, 0.25) is 0 Å². The Hall–Kier alpha value is -3.75. The fraction of sp³-hybridized carbons (Fsp3) is 0.333. The smallest absolute Gasteiger partial charge is 0.254 e. The Morgan fingerprint density at radius 3 is 2.30 bits per heavy atom. The minimum Gasteiger partial charge on any atom is -0.494 e. The first kappa shape index (κ1) is 21.1. The van der Waals surface area contributed by atoms with Crippen LogP contribution < -0.4 is 4.74 Å². The molecule has 2 amide bonds. The molecule has 0 radical (unpaired) electrons. The van der Waals surface area contributed by atoms with Crippen LogP contribution in [0.1, 0.15) is 32.4 Å². The lowest BCUT2D eigenvalue weighted by Gasteiger charge is -2.27. The Labute approximate surface area is 190 Å². The minimum absolute atomic E-state index is 0.0348. The maximum atomic E-state index is 14.2. The lowest BCUT2D eigenvalue weighted by atomic mass is 9.80. The van der Waals surface area contributed by atoms with Gasteiger partial charge in [-0.05, 0) is 37.3 Å². The predicted molar refractivity (Wildman–Crippen MR) is 117 cm³/mol. The maximum absolute atomic E-state index is 14.2. The number of aryl methyl sites for hydroxylation is 1. The van der Waals surface area contributed by atoms with E-state index in [1.54, 1.807) is 23.1 Å². The van der Waals surface area contributed by atoms with Crippen LogP contribution in [0.4, 0.5) is 4.39 Å². The zero-order chi connectivity index (χ0) is 23.2. The molecule has 1 N–H and O–H groups in total. The van der Waals surface area contributed by atoms with Gasteiger partial charge in [0.05, 0.1) is 12.5 Å². The van der Waals surface area contributed by atoms with E-state index in [0.29, 0.717) is 43.4 Å². The average molecular weight is 449 g/mol. The number of fused-ring (bicyclic) bond motifs is 1. The average Bonchev–Trinajstić information content (AvgIpc) is 3.51. The lowest BCUT2D eigenvalue weighted by Crippen LogP contribution is -2.41. The number of likely N-dealkylation sites (tertiary alicyclic amines) is 2. The number of aromatic nitrogens is 3. The molecule has 0 saturated carbocycles. The second-order valence-electron chi connectivity index (χ2n) is 8.68. The number of rotatable bonds is 4. The molecule has 2 atom stereocenters. The second kappa shape index (κ2) is 7.99. The van der Waals surface area contributed by atoms with Gasteiger partial charge in [-0.15, -0.1) is 0 Å². The molecule has 9 heteroatoms. The summed E-state index contributed by atoms with van der Waals surface area (Å²) >= 11 is 0. The van der Waals surface area contributed by atoms with Crippen molar-refractivity contribution in [2.45, 2.75) is 12.3 Å². The standard InChI is InChI=1S/C24H24FN5O3/c1-15-26-23(28-27-15)24-13-29(21(31)16-6-4-3-5-7-16)11-18(24)12-30(14-24)22(32)17-8-9-20(33-2)19(25)10-17/h3-10,18H,11-14H2,1-2H3,(H,26,27,28)/t18-,24-/m0/s1. The summed E-state index contributed by atoms with van der Waals surface area (Å²) in [6.45, 7) is 3.49. The van der Waals surface area contributed by atoms with E-state index in [-0.39, 0.29) is 29.0 Å². The topological polar surface area (TPSA) is 91.4 Å². The molecule has 2 aromatic carbocycles. The summed E-state index contributed by atoms with van der Waals surface area (Å²) in [5.74, 6) is 0.435. The Morgan fingerprint density at radius 1 is 1.06 bits per heavy atom. The van der Waals surface area contributed by atoms with Gasteiger partial charge in [0.25, 0.3) is 11.8 Å². The van der Waals surface area contributed by atoms with E-state index in [9.17, 15) is 14.0 Å². The SMILES string of the molecule is COc1ccc(C(=O)N2C[C@@H]3CN(C(=O)c4ccccc4)C[C@]3(c3n[nH]c(C)n3)C2)cc1F. The van der Waals surface area contributed by atoms with Crippen LogP contribution in [0.5, 0.6) is 5.75 Å². The first-order valence-electron chi connectivity index (χ1n) is 10.8. The Morgan fingerprint density at radius 2 is 1.73 bits per heavy atom. The highest BCUT2D eigenvalue weighted by molar-refractivity contribution is 5.96. The quantitative estimate of drug-likeness (QED) is 0.661. The van der Waals surface area contributed by atoms with Crippen LogP contribution in [0.15, 0.2) is 48.5 Å². The number of hydrogen-bond acceptors (Lipinski definition) is 5. The van der Waals surface area contributed by atoms with Crippen LogP contribution >= 0.6 is 0 Å². The molecule has 2 aliphatic rings. The number of aromatic amines is 1. The summed E-state index contributed by atoms with van der Waals surface area (Å²) in [5, 5.41) is 7.31. The minimum atomic E-state index is -0.587. The Bertz CT molecular complexity index is 1210. The largest absolute Gasteiger partial charge is 0.494 e. The number of H-pyrrole nitrogens is 1. The van der Waals surface area contributed by atoms with Gasteiger partial charge in [0.15, 0.2) is 17.4 Å². The van der Waals surface area contributed by atoms with Gasteiger partial charge >= 0.3 is 0 Å². The summed E-state index contributed by atoms with van der Waals surface area (Å²) in [7, 11) is 1.38. The number of halogens is 1. The fourth-order valence-corrected chi connectivity index (χ4v) is 5.00. The van der Waals surface area contributed by atoms with Crippen LogP contribution in [0.2, 0.25) is 0 Å². The molecule has 5 rings (SSSR count). The second-order valence-corrected chi connectivity index (χ2v) is 8.68. The van der Waals surface area contributed by atoms with Gasteiger partial charge in [-0.2, -0.15) is 5.10 Å². The van der Waals surface area contributed by atoms with Crippen molar-refractivity contribution in [3.05, 3.63) is 77.1 Å². The number of hydrogen-bond donors (Lipinski definition) is 1. The predicted octanol–water partition coefficient (Wildman–Crippen LogP) is 2.43. The third kappa shape index (κ3) is 3.53. The van der Waals surface area contributed by atoms with Gasteiger partial charge in [0, 0.05) is 43.2 Å². The first-order chi connectivity index (χ1) is 15.9. The molecule has 8 nitrogen and oxygen atoms in total. The van der Waals surface area contributed by atoms with E-state index in [2.05, 4.69) is 15.2 Å². The van der Waals surface area contributed by atoms with Gasteiger partial charge in [0.1, 0.15) is 5.82 Å². The third-order valence-corrected chi connectivity index (χ3v) is 6.65. The van der Waals surface area contributed by atoms with Crippen LogP contribution in [0, 0.1) is 18.7 Å². The molecule has 0 aliphatic carbocycles. The van der Waals surface area contributed by atoms with Crippen LogP contribution in [0.25, 0.3) is 0 Å². The van der Waals surface area contributed by atoms with E-state index >= 15 is 0 Å². The lowest BCUT2D eigenvalue weighted by molar-refractivity contribution is 0.0731. The summed E-state index contributed by atoms with van der Waals surface area (Å²) in [4.78, 5) is 34.5. The number of ether oxygens (including phenoxy) is 1. The van der Waals surface area contributed by atoms with E-state index in [1.807, 2.05) is 30.0 Å². The third-order valence-electron chi connectivity index (χ3n) is 6.65. The maximum Gasteiger partial charge on any atom is 0.254 e. The molecule has 0 bridgehead atoms. The molecular formula is C24H24FN5O3. The molecule has 2 aliphatic heterocycles. The van der Waals surface area contributed by atoms with Crippen LogP contribution in [-0.4, -0.2) is 70.1 Å². The zero-order valence-corrected chi connectivity index (χ0v) is 18.4. The highest BCUT2D eigenvalue weighted by atomic mass is 19.1. The summed E-state index contributed by atoms with van der Waals surface area (Å²) < 4.78 is 19.2. The number of carbonyl (C=O) groups is 2. The van der Waals surface area contributed by atoms with Crippen molar-refractivity contribution < 1.29 is 18.7 Å². The molecule has 2 saturated heterocycles.